The predicted molar refractivity (Wildman–Crippen MR) is 205 cm³/mol. The van der Waals surface area contributed by atoms with Crippen LogP contribution in [0.2, 0.25) is 19.8 Å². The van der Waals surface area contributed by atoms with E-state index in [2.05, 4.69) is 190 Å². The second-order valence-corrected chi connectivity index (χ2v) is 29.9. The molecule has 44 heavy (non-hydrogen) atoms. The minimum atomic E-state index is -1.43. The first-order chi connectivity index (χ1) is 21.5. The van der Waals surface area contributed by atoms with Gasteiger partial charge in [0, 0.05) is 0 Å². The molecule has 0 saturated carbocycles. The van der Waals surface area contributed by atoms with E-state index in [1.807, 2.05) is 0 Å². The quantitative estimate of drug-likeness (QED) is 0.117. The van der Waals surface area contributed by atoms with Crippen LogP contribution in [0.15, 0.2) is 170 Å². The van der Waals surface area contributed by atoms with Gasteiger partial charge in [-0.2, -0.15) is 0 Å². The third-order valence-electron chi connectivity index (χ3n) is 7.42. The summed E-state index contributed by atoms with van der Waals surface area (Å²) >= 11 is -2.87. The summed E-state index contributed by atoms with van der Waals surface area (Å²) in [5.74, 6) is 0. The molecule has 0 heterocycles. The molecule has 0 aliphatic rings. The van der Waals surface area contributed by atoms with Crippen molar-refractivity contribution in [1.82, 2.24) is 0 Å². The van der Waals surface area contributed by atoms with Crippen LogP contribution in [-0.2, 0) is 0 Å². The van der Waals surface area contributed by atoms with Gasteiger partial charge in [-0.15, -0.1) is 0 Å². The van der Waals surface area contributed by atoms with Gasteiger partial charge in [-0.1, -0.05) is 0 Å². The standard InChI is InChI=1S/2C18H14P.4CH3.2Sn/c2*1-4-10-16(11-5-1)19(17-12-6-2-7-13-17)18-14-8-3-9-15-18;;;;;;/h2*1-14H;4*1H3;;. The predicted octanol–water partition coefficient (Wildman–Crippen LogP) is 6.81. The van der Waals surface area contributed by atoms with E-state index in [0.717, 1.165) is 0 Å². The van der Waals surface area contributed by atoms with Crippen molar-refractivity contribution in [2.24, 2.45) is 0 Å². The molecule has 0 aromatic heterocycles. The Morgan fingerprint density at radius 1 is 0.295 bits per heavy atom. The van der Waals surface area contributed by atoms with Crippen LogP contribution in [0.5, 0.6) is 0 Å². The third kappa shape index (κ3) is 8.52. The molecule has 0 unspecified atom stereocenters. The monoisotopic (exact) mass is 822 g/mol. The van der Waals surface area contributed by atoms with E-state index in [1.54, 1.807) is 17.8 Å². The van der Waals surface area contributed by atoms with Crippen molar-refractivity contribution in [3.8, 4) is 0 Å². The van der Waals surface area contributed by atoms with Gasteiger partial charge >= 0.3 is 284 Å². The van der Waals surface area contributed by atoms with E-state index in [-0.39, 0.29) is 0 Å². The van der Waals surface area contributed by atoms with Gasteiger partial charge in [-0.25, -0.2) is 0 Å². The molecule has 0 aliphatic carbocycles. The summed E-state index contributed by atoms with van der Waals surface area (Å²) < 4.78 is 3.31. The summed E-state index contributed by atoms with van der Waals surface area (Å²) in [7, 11) is -0.900. The summed E-state index contributed by atoms with van der Waals surface area (Å²) in [4.78, 5) is 9.91. The van der Waals surface area contributed by atoms with Crippen LogP contribution in [0, 0.1) is 0 Å². The summed E-state index contributed by atoms with van der Waals surface area (Å²) in [6.07, 6.45) is 0. The molecule has 6 aromatic carbocycles. The fraction of sp³-hybridized carbons (Fsp3) is 0.100. The van der Waals surface area contributed by atoms with Gasteiger partial charge in [0.1, 0.15) is 0 Å². The second-order valence-electron chi connectivity index (χ2n) is 11.0. The van der Waals surface area contributed by atoms with E-state index in [4.69, 9.17) is 0 Å². The van der Waals surface area contributed by atoms with Gasteiger partial charge < -0.3 is 0 Å². The first-order valence-corrected chi connectivity index (χ1v) is 32.1. The zero-order valence-electron chi connectivity index (χ0n) is 26.1. The van der Waals surface area contributed by atoms with Crippen LogP contribution < -0.4 is 39.0 Å². The second kappa shape index (κ2) is 16.9. The molecule has 0 amide bonds. The average molecular weight is 820 g/mol. The molecular formula is C40H40P2Sn2. The number of hydrogen-bond donors (Lipinski definition) is 0. The molecule has 0 spiro atoms. The summed E-state index contributed by atoms with van der Waals surface area (Å²) in [6.45, 7) is 0. The van der Waals surface area contributed by atoms with Crippen LogP contribution in [0.4, 0.5) is 0 Å². The summed E-state index contributed by atoms with van der Waals surface area (Å²) in [6, 6.07) is 62.2. The molecule has 218 valence electrons. The molecule has 2 radical (unpaired) electrons. The van der Waals surface area contributed by atoms with Crippen molar-refractivity contribution >= 4 is 94.3 Å². The van der Waals surface area contributed by atoms with Crippen LogP contribution in [0.25, 0.3) is 0 Å². The van der Waals surface area contributed by atoms with E-state index in [0.29, 0.717) is 0 Å². The van der Waals surface area contributed by atoms with Gasteiger partial charge in [0.25, 0.3) is 0 Å². The molecule has 0 fully saturated rings. The van der Waals surface area contributed by atoms with Crippen molar-refractivity contribution in [1.29, 1.82) is 0 Å². The third-order valence-corrected chi connectivity index (χ3v) is 22.3. The molecule has 0 aliphatic heterocycles. The number of rotatable bonds is 8. The molecule has 0 atom stereocenters. The molecule has 0 nitrogen and oxygen atoms in total. The Morgan fingerprint density at radius 2 is 0.523 bits per heavy atom. The van der Waals surface area contributed by atoms with Gasteiger partial charge in [0.05, 0.1) is 0 Å². The van der Waals surface area contributed by atoms with Crippen LogP contribution in [0.3, 0.4) is 0 Å². The maximum atomic E-state index is 2.48. The molecule has 0 bridgehead atoms. The summed E-state index contributed by atoms with van der Waals surface area (Å²) in [5, 5.41) is 8.91. The maximum absolute atomic E-state index is 2.48. The Labute approximate surface area is 281 Å². The Hall–Kier alpha value is -2.22. The van der Waals surface area contributed by atoms with E-state index >= 15 is 0 Å². The average Bonchev–Trinajstić information content (AvgIpc) is 3.08. The van der Waals surface area contributed by atoms with Crippen molar-refractivity contribution in [3.63, 3.8) is 0 Å². The van der Waals surface area contributed by atoms with Crippen molar-refractivity contribution in [2.75, 3.05) is 0 Å². The fourth-order valence-corrected chi connectivity index (χ4v) is 20.8. The first-order valence-electron chi connectivity index (χ1n) is 15.1. The topological polar surface area (TPSA) is 0 Å². The molecular weight excluding hydrogens is 780 g/mol. The van der Waals surface area contributed by atoms with E-state index in [9.17, 15) is 0 Å². The SMILES string of the molecule is [CH3][Sn]([CH3])[c]1ccccc1P(c1ccccc1)c1ccccc1.[CH3][Sn]([CH3])[c]1ccccc1P(c1ccccc1)c1ccccc1. The zero-order chi connectivity index (χ0) is 30.7. The van der Waals surface area contributed by atoms with E-state index < -0.39 is 55.4 Å². The zero-order valence-corrected chi connectivity index (χ0v) is 33.6. The van der Waals surface area contributed by atoms with Crippen molar-refractivity contribution in [2.45, 2.75) is 19.8 Å². The molecule has 0 N–H and O–H groups in total. The van der Waals surface area contributed by atoms with Crippen molar-refractivity contribution in [3.05, 3.63) is 170 Å². The van der Waals surface area contributed by atoms with E-state index in [1.165, 1.54) is 21.2 Å². The Kier molecular flexibility index (Phi) is 12.7. The van der Waals surface area contributed by atoms with Crippen molar-refractivity contribution < 1.29 is 0 Å². The fourth-order valence-electron chi connectivity index (χ4n) is 5.35. The Morgan fingerprint density at radius 3 is 0.773 bits per heavy atom. The first kappa shape index (κ1) is 33.1. The summed E-state index contributed by atoms with van der Waals surface area (Å²) in [5.41, 5.74) is 0. The van der Waals surface area contributed by atoms with Crippen LogP contribution >= 0.6 is 15.8 Å². The van der Waals surface area contributed by atoms with Crippen LogP contribution in [0.1, 0.15) is 0 Å². The van der Waals surface area contributed by atoms with Crippen LogP contribution in [-0.4, -0.2) is 39.5 Å². The molecule has 0 saturated heterocycles. The Bertz CT molecular complexity index is 1500. The molecule has 6 rings (SSSR count). The Balaban J connectivity index is 0.000000175. The van der Waals surface area contributed by atoms with Gasteiger partial charge in [-0.3, -0.25) is 0 Å². The normalized spacial score (nSPS) is 11.1. The van der Waals surface area contributed by atoms with Gasteiger partial charge in [0.15, 0.2) is 0 Å². The molecule has 4 heteroatoms. The van der Waals surface area contributed by atoms with Gasteiger partial charge in [-0.05, 0) is 0 Å². The minimum absolute atomic E-state index is 0.450. The molecule has 6 aromatic rings. The van der Waals surface area contributed by atoms with Gasteiger partial charge in [0.2, 0.25) is 0 Å². The number of hydrogen-bond acceptors (Lipinski definition) is 0. The number of benzene rings is 6.